The number of likely N-dealkylation sites (tertiary alicyclic amines) is 1. The summed E-state index contributed by atoms with van der Waals surface area (Å²) in [6, 6.07) is -0.118. The SMILES string of the molecule is CC1CC(NC=O)CN1C(=O)C(N)C1CCCCC1. The van der Waals surface area contributed by atoms with E-state index in [9.17, 15) is 9.59 Å². The molecule has 1 heterocycles. The van der Waals surface area contributed by atoms with Gasteiger partial charge in [0.15, 0.2) is 0 Å². The van der Waals surface area contributed by atoms with Crippen molar-refractivity contribution in [3.05, 3.63) is 0 Å². The maximum atomic E-state index is 12.5. The lowest BCUT2D eigenvalue weighted by Gasteiger charge is -2.31. The summed E-state index contributed by atoms with van der Waals surface area (Å²) in [5.74, 6) is 0.404. The maximum Gasteiger partial charge on any atom is 0.240 e. The van der Waals surface area contributed by atoms with Gasteiger partial charge in [-0.1, -0.05) is 19.3 Å². The first-order valence-electron chi connectivity index (χ1n) is 7.39. The van der Waals surface area contributed by atoms with Gasteiger partial charge in [-0.25, -0.2) is 0 Å². The van der Waals surface area contributed by atoms with Crippen molar-refractivity contribution in [1.82, 2.24) is 10.2 Å². The highest BCUT2D eigenvalue weighted by Gasteiger charge is 2.37. The summed E-state index contributed by atoms with van der Waals surface area (Å²) in [6.45, 7) is 2.62. The van der Waals surface area contributed by atoms with Crippen molar-refractivity contribution in [3.8, 4) is 0 Å². The van der Waals surface area contributed by atoms with E-state index in [1.807, 2.05) is 11.8 Å². The van der Waals surface area contributed by atoms with Gasteiger partial charge in [-0.05, 0) is 32.1 Å². The Hall–Kier alpha value is -1.10. The monoisotopic (exact) mass is 267 g/mol. The Morgan fingerprint density at radius 1 is 1.37 bits per heavy atom. The van der Waals surface area contributed by atoms with Crippen LogP contribution >= 0.6 is 0 Å². The van der Waals surface area contributed by atoms with Crippen molar-refractivity contribution >= 4 is 12.3 Å². The molecule has 2 rings (SSSR count). The van der Waals surface area contributed by atoms with Crippen LogP contribution in [0.5, 0.6) is 0 Å². The lowest BCUT2D eigenvalue weighted by atomic mass is 9.83. The van der Waals surface area contributed by atoms with Gasteiger partial charge >= 0.3 is 0 Å². The summed E-state index contributed by atoms with van der Waals surface area (Å²) < 4.78 is 0. The second-order valence-electron chi connectivity index (χ2n) is 5.98. The van der Waals surface area contributed by atoms with Gasteiger partial charge in [-0.3, -0.25) is 9.59 Å². The maximum absolute atomic E-state index is 12.5. The highest BCUT2D eigenvalue weighted by Crippen LogP contribution is 2.28. The smallest absolute Gasteiger partial charge is 0.240 e. The van der Waals surface area contributed by atoms with Crippen LogP contribution in [0, 0.1) is 5.92 Å². The second-order valence-corrected chi connectivity index (χ2v) is 5.98. The van der Waals surface area contributed by atoms with E-state index >= 15 is 0 Å². The standard InChI is InChI=1S/C14H25N3O2/c1-10-7-12(16-9-18)8-17(10)14(19)13(15)11-5-3-2-4-6-11/h9-13H,2-8,15H2,1H3,(H,16,18). The van der Waals surface area contributed by atoms with Crippen molar-refractivity contribution in [2.45, 2.75) is 63.6 Å². The normalized spacial score (nSPS) is 30.1. The quantitative estimate of drug-likeness (QED) is 0.734. The summed E-state index contributed by atoms with van der Waals surface area (Å²) in [5, 5.41) is 2.76. The molecule has 5 nitrogen and oxygen atoms in total. The molecule has 0 spiro atoms. The summed E-state index contributed by atoms with van der Waals surface area (Å²) in [7, 11) is 0. The van der Waals surface area contributed by atoms with Crippen molar-refractivity contribution < 1.29 is 9.59 Å². The average molecular weight is 267 g/mol. The highest BCUT2D eigenvalue weighted by molar-refractivity contribution is 5.82. The summed E-state index contributed by atoms with van der Waals surface area (Å²) in [6.07, 6.45) is 7.33. The van der Waals surface area contributed by atoms with Gasteiger partial charge in [0.1, 0.15) is 0 Å². The Morgan fingerprint density at radius 2 is 2.05 bits per heavy atom. The topological polar surface area (TPSA) is 75.4 Å². The van der Waals surface area contributed by atoms with Gasteiger partial charge in [-0.15, -0.1) is 0 Å². The zero-order valence-corrected chi connectivity index (χ0v) is 11.7. The first-order valence-corrected chi connectivity index (χ1v) is 7.39. The fourth-order valence-electron chi connectivity index (χ4n) is 3.44. The predicted octanol–water partition coefficient (Wildman–Crippen LogP) is 0.629. The third kappa shape index (κ3) is 3.26. The molecule has 3 unspecified atom stereocenters. The molecule has 1 saturated heterocycles. The Balaban J connectivity index is 1.92. The van der Waals surface area contributed by atoms with Crippen molar-refractivity contribution in [1.29, 1.82) is 0 Å². The first kappa shape index (κ1) is 14.3. The van der Waals surface area contributed by atoms with Crippen LogP contribution in [0.3, 0.4) is 0 Å². The summed E-state index contributed by atoms with van der Waals surface area (Å²) in [4.78, 5) is 24.8. The molecule has 3 atom stereocenters. The van der Waals surface area contributed by atoms with E-state index in [1.165, 1.54) is 19.3 Å². The van der Waals surface area contributed by atoms with E-state index in [-0.39, 0.29) is 24.0 Å². The zero-order chi connectivity index (χ0) is 13.8. The van der Waals surface area contributed by atoms with Gasteiger partial charge in [0, 0.05) is 18.6 Å². The van der Waals surface area contributed by atoms with E-state index in [0.29, 0.717) is 18.9 Å². The van der Waals surface area contributed by atoms with Gasteiger partial charge in [-0.2, -0.15) is 0 Å². The minimum atomic E-state index is -0.363. The number of hydrogen-bond acceptors (Lipinski definition) is 3. The molecule has 2 fully saturated rings. The first-order chi connectivity index (χ1) is 9.13. The minimum absolute atomic E-state index is 0.0644. The molecule has 1 saturated carbocycles. The Bertz CT molecular complexity index is 329. The van der Waals surface area contributed by atoms with Crippen LogP contribution < -0.4 is 11.1 Å². The van der Waals surface area contributed by atoms with E-state index in [1.54, 1.807) is 0 Å². The van der Waals surface area contributed by atoms with E-state index in [0.717, 1.165) is 19.3 Å². The molecule has 19 heavy (non-hydrogen) atoms. The highest BCUT2D eigenvalue weighted by atomic mass is 16.2. The molecule has 0 bridgehead atoms. The molecule has 0 aromatic carbocycles. The number of carbonyl (C=O) groups is 2. The van der Waals surface area contributed by atoms with Crippen LogP contribution in [0.15, 0.2) is 0 Å². The number of nitrogens with one attached hydrogen (secondary N) is 1. The van der Waals surface area contributed by atoms with Crippen LogP contribution in [-0.4, -0.2) is 41.9 Å². The Kier molecular flexibility index (Phi) is 4.80. The van der Waals surface area contributed by atoms with E-state index in [2.05, 4.69) is 5.32 Å². The lowest BCUT2D eigenvalue weighted by Crippen LogP contribution is -2.49. The molecule has 108 valence electrons. The number of hydrogen-bond donors (Lipinski definition) is 2. The van der Waals surface area contributed by atoms with Crippen LogP contribution in [0.25, 0.3) is 0 Å². The van der Waals surface area contributed by atoms with E-state index in [4.69, 9.17) is 5.73 Å². The number of carbonyl (C=O) groups excluding carboxylic acids is 2. The molecule has 2 amide bonds. The van der Waals surface area contributed by atoms with Crippen LogP contribution in [0.1, 0.15) is 45.4 Å². The second kappa shape index (κ2) is 6.37. The lowest BCUT2D eigenvalue weighted by molar-refractivity contribution is -0.134. The molecule has 0 radical (unpaired) electrons. The molecule has 2 aliphatic rings. The fraction of sp³-hybridized carbons (Fsp3) is 0.857. The van der Waals surface area contributed by atoms with Crippen molar-refractivity contribution in [2.75, 3.05) is 6.54 Å². The third-order valence-electron chi connectivity index (χ3n) is 4.60. The third-order valence-corrected chi connectivity index (χ3v) is 4.60. The van der Waals surface area contributed by atoms with Gasteiger partial charge < -0.3 is 16.0 Å². The molecule has 3 N–H and O–H groups in total. The summed E-state index contributed by atoms with van der Waals surface area (Å²) in [5.41, 5.74) is 6.17. The van der Waals surface area contributed by atoms with Crippen molar-refractivity contribution in [2.24, 2.45) is 11.7 Å². The van der Waals surface area contributed by atoms with Gasteiger partial charge in [0.05, 0.1) is 6.04 Å². The van der Waals surface area contributed by atoms with Crippen LogP contribution in [0.2, 0.25) is 0 Å². The number of amides is 2. The number of nitrogens with two attached hydrogens (primary N) is 1. The van der Waals surface area contributed by atoms with Crippen molar-refractivity contribution in [3.63, 3.8) is 0 Å². The minimum Gasteiger partial charge on any atom is -0.354 e. The molecule has 1 aliphatic carbocycles. The molecular weight excluding hydrogens is 242 g/mol. The zero-order valence-electron chi connectivity index (χ0n) is 11.7. The fourth-order valence-corrected chi connectivity index (χ4v) is 3.44. The Labute approximate surface area is 114 Å². The van der Waals surface area contributed by atoms with Crippen LogP contribution in [0.4, 0.5) is 0 Å². The van der Waals surface area contributed by atoms with Gasteiger partial charge in [0.25, 0.3) is 0 Å². The largest absolute Gasteiger partial charge is 0.354 e. The average Bonchev–Trinajstić information content (AvgIpc) is 2.79. The predicted molar refractivity (Wildman–Crippen MR) is 73.3 cm³/mol. The number of nitrogens with zero attached hydrogens (tertiary/aromatic N) is 1. The molecule has 0 aromatic heterocycles. The molecule has 5 heteroatoms. The number of rotatable bonds is 4. The Morgan fingerprint density at radius 3 is 2.68 bits per heavy atom. The van der Waals surface area contributed by atoms with E-state index < -0.39 is 0 Å². The molecule has 0 aromatic rings. The molecular formula is C14H25N3O2. The summed E-state index contributed by atoms with van der Waals surface area (Å²) >= 11 is 0. The molecule has 1 aliphatic heterocycles. The van der Waals surface area contributed by atoms with Crippen LogP contribution in [-0.2, 0) is 9.59 Å². The van der Waals surface area contributed by atoms with Gasteiger partial charge in [0.2, 0.25) is 12.3 Å².